The Balaban J connectivity index is 1.52. The molecule has 4 amide bonds. The highest BCUT2D eigenvalue weighted by Crippen LogP contribution is 2.26. The van der Waals surface area contributed by atoms with Crippen molar-refractivity contribution in [1.29, 1.82) is 0 Å². The zero-order valence-corrected chi connectivity index (χ0v) is 24.1. The predicted octanol–water partition coefficient (Wildman–Crippen LogP) is 3.80. The molecule has 10 nitrogen and oxygen atoms in total. The number of ether oxygens (including phenoxy) is 2. The summed E-state index contributed by atoms with van der Waals surface area (Å²) in [6.45, 7) is 13.0. The largest absolute Gasteiger partial charge is 0.494 e. The van der Waals surface area contributed by atoms with E-state index in [2.05, 4.69) is 10.6 Å². The standard InChI is InChI=1S/C29H44N4O6/c1-7-38-22-12-10-21(11-13-22)30-26(35)24(19(2)3)31-25(34)20-14-17-32(18-15-20)27(36)23-9-8-16-33(23)28(37)39-29(4,5)6/h10-13,19-20,23-24H,7-9,14-18H2,1-6H3,(H,30,35)(H,31,34)/t23-,24+/m1/s1. The summed E-state index contributed by atoms with van der Waals surface area (Å²) in [6, 6.07) is 5.89. The molecular weight excluding hydrogens is 500 g/mol. The average Bonchev–Trinajstić information content (AvgIpc) is 3.37. The van der Waals surface area contributed by atoms with Crippen molar-refractivity contribution in [3.8, 4) is 5.75 Å². The third kappa shape index (κ3) is 8.34. The van der Waals surface area contributed by atoms with Gasteiger partial charge in [-0.3, -0.25) is 19.3 Å². The number of likely N-dealkylation sites (tertiary alicyclic amines) is 2. The fraction of sp³-hybridized carbons (Fsp3) is 0.655. The molecule has 0 aromatic heterocycles. The van der Waals surface area contributed by atoms with Gasteiger partial charge in [0.05, 0.1) is 6.61 Å². The zero-order valence-electron chi connectivity index (χ0n) is 24.1. The van der Waals surface area contributed by atoms with Crippen LogP contribution in [0.15, 0.2) is 24.3 Å². The number of carbonyl (C=O) groups excluding carboxylic acids is 4. The molecular formula is C29H44N4O6. The molecule has 0 aliphatic carbocycles. The van der Waals surface area contributed by atoms with Gasteiger partial charge in [0.25, 0.3) is 0 Å². The maximum Gasteiger partial charge on any atom is 0.410 e. The minimum absolute atomic E-state index is 0.0907. The van der Waals surface area contributed by atoms with Crippen LogP contribution in [0.2, 0.25) is 0 Å². The first kappa shape index (κ1) is 30.2. The highest BCUT2D eigenvalue weighted by molar-refractivity contribution is 5.97. The molecule has 0 bridgehead atoms. The zero-order chi connectivity index (χ0) is 28.7. The smallest absolute Gasteiger partial charge is 0.410 e. The fourth-order valence-corrected chi connectivity index (χ4v) is 4.96. The quantitative estimate of drug-likeness (QED) is 0.514. The van der Waals surface area contributed by atoms with Crippen LogP contribution < -0.4 is 15.4 Å². The highest BCUT2D eigenvalue weighted by Gasteiger charge is 2.40. The summed E-state index contributed by atoms with van der Waals surface area (Å²) in [6.07, 6.45) is 1.90. The SMILES string of the molecule is CCOc1ccc(NC(=O)[C@@H](NC(=O)C2CCN(C(=O)[C@H]3CCCN3C(=O)OC(C)(C)C)CC2)C(C)C)cc1. The van der Waals surface area contributed by atoms with E-state index in [0.717, 1.165) is 12.2 Å². The van der Waals surface area contributed by atoms with E-state index in [0.29, 0.717) is 51.2 Å². The summed E-state index contributed by atoms with van der Waals surface area (Å²) in [5.74, 6) is -0.234. The van der Waals surface area contributed by atoms with E-state index in [1.54, 1.807) is 49.9 Å². The number of rotatable bonds is 8. The molecule has 2 saturated heterocycles. The van der Waals surface area contributed by atoms with Crippen LogP contribution in [0.3, 0.4) is 0 Å². The normalized spacial score (nSPS) is 19.0. The third-order valence-corrected chi connectivity index (χ3v) is 7.02. The third-order valence-electron chi connectivity index (χ3n) is 7.02. The first-order chi connectivity index (χ1) is 18.4. The summed E-state index contributed by atoms with van der Waals surface area (Å²) >= 11 is 0. The van der Waals surface area contributed by atoms with Gasteiger partial charge in [0.2, 0.25) is 17.7 Å². The number of piperidine rings is 1. The van der Waals surface area contributed by atoms with E-state index in [9.17, 15) is 19.2 Å². The van der Waals surface area contributed by atoms with Crippen LogP contribution >= 0.6 is 0 Å². The van der Waals surface area contributed by atoms with Crippen LogP contribution in [0, 0.1) is 11.8 Å². The Morgan fingerprint density at radius 2 is 1.64 bits per heavy atom. The molecule has 1 aromatic rings. The highest BCUT2D eigenvalue weighted by atomic mass is 16.6. The molecule has 2 fully saturated rings. The predicted molar refractivity (Wildman–Crippen MR) is 148 cm³/mol. The van der Waals surface area contributed by atoms with Gasteiger partial charge in [0, 0.05) is 31.2 Å². The average molecular weight is 545 g/mol. The van der Waals surface area contributed by atoms with E-state index in [1.807, 2.05) is 20.8 Å². The van der Waals surface area contributed by atoms with Gasteiger partial charge in [-0.15, -0.1) is 0 Å². The number of nitrogens with zero attached hydrogens (tertiary/aromatic N) is 2. The molecule has 2 atom stereocenters. The molecule has 0 spiro atoms. The van der Waals surface area contributed by atoms with Crippen molar-refractivity contribution >= 4 is 29.5 Å². The van der Waals surface area contributed by atoms with Crippen molar-refractivity contribution in [2.24, 2.45) is 11.8 Å². The monoisotopic (exact) mass is 544 g/mol. The van der Waals surface area contributed by atoms with Gasteiger partial charge in [-0.25, -0.2) is 4.79 Å². The van der Waals surface area contributed by atoms with Crippen molar-refractivity contribution in [3.63, 3.8) is 0 Å². The van der Waals surface area contributed by atoms with Crippen molar-refractivity contribution in [2.45, 2.75) is 84.9 Å². The van der Waals surface area contributed by atoms with Gasteiger partial charge >= 0.3 is 6.09 Å². The van der Waals surface area contributed by atoms with Crippen molar-refractivity contribution in [1.82, 2.24) is 15.1 Å². The van der Waals surface area contributed by atoms with Gasteiger partial charge in [-0.05, 0) is 83.6 Å². The summed E-state index contributed by atoms with van der Waals surface area (Å²) < 4.78 is 10.9. The number of nitrogens with one attached hydrogen (secondary N) is 2. The Bertz CT molecular complexity index is 1010. The fourth-order valence-electron chi connectivity index (χ4n) is 4.96. The van der Waals surface area contributed by atoms with Crippen LogP contribution in [-0.4, -0.2) is 77.5 Å². The Labute approximate surface area is 231 Å². The van der Waals surface area contributed by atoms with Crippen molar-refractivity contribution in [3.05, 3.63) is 24.3 Å². The van der Waals surface area contributed by atoms with Gasteiger partial charge in [0.15, 0.2) is 0 Å². The second kappa shape index (κ2) is 13.2. The molecule has 2 aliphatic heterocycles. The van der Waals surface area contributed by atoms with E-state index in [4.69, 9.17) is 9.47 Å². The molecule has 2 aliphatic rings. The van der Waals surface area contributed by atoms with Gasteiger partial charge < -0.3 is 25.0 Å². The van der Waals surface area contributed by atoms with E-state index < -0.39 is 23.8 Å². The van der Waals surface area contributed by atoms with Crippen LogP contribution in [-0.2, 0) is 19.1 Å². The van der Waals surface area contributed by atoms with E-state index in [1.165, 1.54) is 4.90 Å². The number of hydrogen-bond acceptors (Lipinski definition) is 6. The summed E-state index contributed by atoms with van der Waals surface area (Å²) in [4.78, 5) is 55.3. The second-order valence-electron chi connectivity index (χ2n) is 11.6. The number of anilines is 1. The van der Waals surface area contributed by atoms with Gasteiger partial charge in [-0.1, -0.05) is 13.8 Å². The van der Waals surface area contributed by atoms with Crippen LogP contribution in [0.1, 0.15) is 67.2 Å². The molecule has 3 rings (SSSR count). The Morgan fingerprint density at radius 1 is 1.00 bits per heavy atom. The molecule has 2 N–H and O–H groups in total. The molecule has 0 radical (unpaired) electrons. The van der Waals surface area contributed by atoms with Gasteiger partial charge in [-0.2, -0.15) is 0 Å². The lowest BCUT2D eigenvalue weighted by Crippen LogP contribution is -2.53. The van der Waals surface area contributed by atoms with Crippen molar-refractivity contribution < 1.29 is 28.7 Å². The Morgan fingerprint density at radius 3 is 2.21 bits per heavy atom. The van der Waals surface area contributed by atoms with E-state index in [-0.39, 0.29) is 29.6 Å². The summed E-state index contributed by atoms with van der Waals surface area (Å²) in [5, 5.41) is 5.81. The topological polar surface area (TPSA) is 117 Å². The lowest BCUT2D eigenvalue weighted by molar-refractivity contribution is -0.139. The minimum Gasteiger partial charge on any atom is -0.494 e. The number of hydrogen-bond donors (Lipinski definition) is 2. The lowest BCUT2D eigenvalue weighted by atomic mass is 9.94. The van der Waals surface area contributed by atoms with Crippen molar-refractivity contribution in [2.75, 3.05) is 31.6 Å². The first-order valence-electron chi connectivity index (χ1n) is 14.0. The summed E-state index contributed by atoms with van der Waals surface area (Å²) in [7, 11) is 0. The molecule has 0 saturated carbocycles. The first-order valence-corrected chi connectivity index (χ1v) is 14.0. The lowest BCUT2D eigenvalue weighted by Gasteiger charge is -2.36. The molecule has 0 unspecified atom stereocenters. The Kier molecular flexibility index (Phi) is 10.2. The maximum atomic E-state index is 13.3. The second-order valence-corrected chi connectivity index (χ2v) is 11.6. The van der Waals surface area contributed by atoms with E-state index >= 15 is 0 Å². The van der Waals surface area contributed by atoms with Gasteiger partial charge in [0.1, 0.15) is 23.4 Å². The molecule has 39 heavy (non-hydrogen) atoms. The Hall–Kier alpha value is -3.30. The number of amides is 4. The van der Waals surface area contributed by atoms with Crippen LogP contribution in [0.25, 0.3) is 0 Å². The molecule has 216 valence electrons. The van der Waals surface area contributed by atoms with Crippen LogP contribution in [0.4, 0.5) is 10.5 Å². The van der Waals surface area contributed by atoms with Crippen LogP contribution in [0.5, 0.6) is 5.75 Å². The number of carbonyl (C=O) groups is 4. The molecule has 2 heterocycles. The molecule has 10 heteroatoms. The molecule has 1 aromatic carbocycles. The maximum absolute atomic E-state index is 13.3. The minimum atomic E-state index is -0.690. The summed E-state index contributed by atoms with van der Waals surface area (Å²) in [5.41, 5.74) is 0.000291. The number of benzene rings is 1.